The van der Waals surface area contributed by atoms with E-state index in [0.717, 1.165) is 22.6 Å². The van der Waals surface area contributed by atoms with Gasteiger partial charge in [0.1, 0.15) is 17.3 Å². The number of nitrogens with one attached hydrogen (secondary N) is 1. The van der Waals surface area contributed by atoms with Gasteiger partial charge in [0.15, 0.2) is 0 Å². The fourth-order valence-electron chi connectivity index (χ4n) is 2.36. The van der Waals surface area contributed by atoms with E-state index in [4.69, 9.17) is 9.47 Å². The predicted octanol–water partition coefficient (Wildman–Crippen LogP) is 3.46. The zero-order valence-electron chi connectivity index (χ0n) is 12.7. The third-order valence-electron chi connectivity index (χ3n) is 3.57. The summed E-state index contributed by atoms with van der Waals surface area (Å²) in [5.74, 6) is 1.25. The second-order valence-electron chi connectivity index (χ2n) is 4.84. The quantitative estimate of drug-likeness (QED) is 0.914. The lowest BCUT2D eigenvalue weighted by molar-refractivity contribution is 0.395. The first-order valence-corrected chi connectivity index (χ1v) is 6.76. The summed E-state index contributed by atoms with van der Waals surface area (Å²) in [6, 6.07) is 10.7. The first kappa shape index (κ1) is 15.3. The summed E-state index contributed by atoms with van der Waals surface area (Å²) in [5.41, 5.74) is 2.38. The standard InChI is InChI=1S/C17H20FNO2/c1-11-5-6-12(9-15(11)18)17(19-2)14-10-13(20-3)7-8-16(14)21-4/h5-10,17,19H,1-4H3. The van der Waals surface area contributed by atoms with Gasteiger partial charge >= 0.3 is 0 Å². The molecule has 1 atom stereocenters. The molecule has 1 unspecified atom stereocenters. The van der Waals surface area contributed by atoms with Crippen molar-refractivity contribution in [1.29, 1.82) is 0 Å². The van der Waals surface area contributed by atoms with Crippen LogP contribution >= 0.6 is 0 Å². The second kappa shape index (κ2) is 6.59. The number of ether oxygens (including phenoxy) is 2. The molecule has 2 rings (SSSR count). The largest absolute Gasteiger partial charge is 0.497 e. The van der Waals surface area contributed by atoms with Crippen molar-refractivity contribution in [1.82, 2.24) is 5.32 Å². The van der Waals surface area contributed by atoms with E-state index in [-0.39, 0.29) is 11.9 Å². The van der Waals surface area contributed by atoms with E-state index in [9.17, 15) is 4.39 Å². The van der Waals surface area contributed by atoms with Crippen molar-refractivity contribution in [2.24, 2.45) is 0 Å². The number of hydrogen-bond acceptors (Lipinski definition) is 3. The summed E-state index contributed by atoms with van der Waals surface area (Å²) in [6.07, 6.45) is 0. The molecule has 0 amide bonds. The Labute approximate surface area is 124 Å². The van der Waals surface area contributed by atoms with Gasteiger partial charge in [-0.1, -0.05) is 12.1 Å². The summed E-state index contributed by atoms with van der Waals surface area (Å²) in [5, 5.41) is 3.21. The van der Waals surface area contributed by atoms with Crippen LogP contribution in [0.1, 0.15) is 22.7 Å². The molecule has 0 saturated carbocycles. The van der Waals surface area contributed by atoms with E-state index in [1.54, 1.807) is 33.3 Å². The highest BCUT2D eigenvalue weighted by atomic mass is 19.1. The molecular weight excluding hydrogens is 269 g/mol. The number of rotatable bonds is 5. The highest BCUT2D eigenvalue weighted by molar-refractivity contribution is 5.46. The fraction of sp³-hybridized carbons (Fsp3) is 0.294. The molecule has 4 heteroatoms. The molecule has 0 saturated heterocycles. The molecule has 1 N–H and O–H groups in total. The molecular formula is C17H20FNO2. The Morgan fingerprint density at radius 1 is 1.05 bits per heavy atom. The second-order valence-corrected chi connectivity index (χ2v) is 4.84. The highest BCUT2D eigenvalue weighted by Gasteiger charge is 2.18. The maximum atomic E-state index is 13.8. The Morgan fingerprint density at radius 2 is 1.81 bits per heavy atom. The van der Waals surface area contributed by atoms with Crippen LogP contribution in [-0.2, 0) is 0 Å². The van der Waals surface area contributed by atoms with Crippen molar-refractivity contribution in [2.45, 2.75) is 13.0 Å². The van der Waals surface area contributed by atoms with Crippen LogP contribution in [0.4, 0.5) is 4.39 Å². The van der Waals surface area contributed by atoms with Crippen LogP contribution in [0.15, 0.2) is 36.4 Å². The van der Waals surface area contributed by atoms with Gasteiger partial charge in [-0.2, -0.15) is 0 Å². The Balaban J connectivity index is 2.51. The normalized spacial score (nSPS) is 12.0. The molecule has 0 heterocycles. The predicted molar refractivity (Wildman–Crippen MR) is 81.6 cm³/mol. The molecule has 2 aromatic rings. The zero-order chi connectivity index (χ0) is 15.4. The summed E-state index contributed by atoms with van der Waals surface area (Å²) in [7, 11) is 5.07. The van der Waals surface area contributed by atoms with Crippen molar-refractivity contribution in [2.75, 3.05) is 21.3 Å². The number of hydrogen-bond donors (Lipinski definition) is 1. The van der Waals surface area contributed by atoms with E-state index in [0.29, 0.717) is 5.56 Å². The molecule has 2 aromatic carbocycles. The van der Waals surface area contributed by atoms with Gasteiger partial charge in [0, 0.05) is 5.56 Å². The van der Waals surface area contributed by atoms with Gasteiger partial charge in [-0.15, -0.1) is 0 Å². The summed E-state index contributed by atoms with van der Waals surface area (Å²) >= 11 is 0. The van der Waals surface area contributed by atoms with Crippen molar-refractivity contribution in [3.8, 4) is 11.5 Å². The van der Waals surface area contributed by atoms with E-state index in [1.165, 1.54) is 0 Å². The summed E-state index contributed by atoms with van der Waals surface area (Å²) in [6.45, 7) is 1.75. The number of methoxy groups -OCH3 is 2. The lowest BCUT2D eigenvalue weighted by Crippen LogP contribution is -2.18. The minimum absolute atomic E-state index is 0.176. The number of halogens is 1. The summed E-state index contributed by atoms with van der Waals surface area (Å²) < 4.78 is 24.5. The van der Waals surface area contributed by atoms with Crippen LogP contribution in [0.25, 0.3) is 0 Å². The molecule has 0 aliphatic rings. The molecule has 0 bridgehead atoms. The molecule has 0 aliphatic heterocycles. The maximum absolute atomic E-state index is 13.8. The van der Waals surface area contributed by atoms with Crippen LogP contribution in [0, 0.1) is 12.7 Å². The number of aryl methyl sites for hydroxylation is 1. The van der Waals surface area contributed by atoms with Crippen molar-refractivity contribution in [3.05, 3.63) is 58.9 Å². The monoisotopic (exact) mass is 289 g/mol. The molecule has 3 nitrogen and oxygen atoms in total. The van der Waals surface area contributed by atoms with Gasteiger partial charge in [0.05, 0.1) is 20.3 Å². The van der Waals surface area contributed by atoms with E-state index in [1.807, 2.05) is 31.3 Å². The van der Waals surface area contributed by atoms with Crippen LogP contribution < -0.4 is 14.8 Å². The summed E-state index contributed by atoms with van der Waals surface area (Å²) in [4.78, 5) is 0. The van der Waals surface area contributed by atoms with Gasteiger partial charge in [-0.05, 0) is 49.4 Å². The van der Waals surface area contributed by atoms with Crippen molar-refractivity contribution < 1.29 is 13.9 Å². The first-order valence-electron chi connectivity index (χ1n) is 6.76. The lowest BCUT2D eigenvalue weighted by atomic mass is 9.96. The molecule has 112 valence electrons. The van der Waals surface area contributed by atoms with Crippen LogP contribution in [0.2, 0.25) is 0 Å². The maximum Gasteiger partial charge on any atom is 0.126 e. The Bertz CT molecular complexity index is 628. The van der Waals surface area contributed by atoms with E-state index >= 15 is 0 Å². The Hall–Kier alpha value is -2.07. The van der Waals surface area contributed by atoms with Crippen molar-refractivity contribution in [3.63, 3.8) is 0 Å². The smallest absolute Gasteiger partial charge is 0.126 e. The van der Waals surface area contributed by atoms with E-state index in [2.05, 4.69) is 5.32 Å². The third kappa shape index (κ3) is 3.16. The van der Waals surface area contributed by atoms with Crippen LogP contribution in [0.3, 0.4) is 0 Å². The van der Waals surface area contributed by atoms with Crippen LogP contribution in [-0.4, -0.2) is 21.3 Å². The SMILES string of the molecule is CNC(c1ccc(C)c(F)c1)c1cc(OC)ccc1OC. The molecule has 0 radical (unpaired) electrons. The molecule has 0 fully saturated rings. The minimum atomic E-state index is -0.213. The van der Waals surface area contributed by atoms with Gasteiger partial charge in [-0.25, -0.2) is 4.39 Å². The first-order chi connectivity index (χ1) is 10.1. The highest BCUT2D eigenvalue weighted by Crippen LogP contribution is 2.33. The molecule has 21 heavy (non-hydrogen) atoms. The molecule has 0 aliphatic carbocycles. The van der Waals surface area contributed by atoms with Gasteiger partial charge in [-0.3, -0.25) is 0 Å². The average Bonchev–Trinajstić information content (AvgIpc) is 2.51. The van der Waals surface area contributed by atoms with Crippen LogP contribution in [0.5, 0.6) is 11.5 Å². The Morgan fingerprint density at radius 3 is 2.38 bits per heavy atom. The van der Waals surface area contributed by atoms with Gasteiger partial charge in [0.2, 0.25) is 0 Å². The number of benzene rings is 2. The van der Waals surface area contributed by atoms with Gasteiger partial charge < -0.3 is 14.8 Å². The Kier molecular flexibility index (Phi) is 4.81. The van der Waals surface area contributed by atoms with E-state index < -0.39 is 0 Å². The zero-order valence-corrected chi connectivity index (χ0v) is 12.7. The van der Waals surface area contributed by atoms with Crippen molar-refractivity contribution >= 4 is 0 Å². The molecule has 0 spiro atoms. The lowest BCUT2D eigenvalue weighted by Gasteiger charge is -2.21. The third-order valence-corrected chi connectivity index (χ3v) is 3.57. The van der Waals surface area contributed by atoms with Gasteiger partial charge in [0.25, 0.3) is 0 Å². The fourth-order valence-corrected chi connectivity index (χ4v) is 2.36. The minimum Gasteiger partial charge on any atom is -0.497 e. The molecule has 0 aromatic heterocycles. The topological polar surface area (TPSA) is 30.5 Å². The average molecular weight is 289 g/mol.